The molecule has 15 heavy (non-hydrogen) atoms. The van der Waals surface area contributed by atoms with Gasteiger partial charge in [-0.05, 0) is 12.5 Å². The number of aliphatic hydroxyl groups is 1. The average molecular weight is 215 g/mol. The van der Waals surface area contributed by atoms with Crippen LogP contribution in [0.2, 0.25) is 0 Å². The molecule has 1 rings (SSSR count). The van der Waals surface area contributed by atoms with Gasteiger partial charge in [-0.3, -0.25) is 4.90 Å². The van der Waals surface area contributed by atoms with Crippen molar-refractivity contribution < 1.29 is 14.6 Å². The monoisotopic (exact) mass is 215 g/mol. The Kier molecular flexibility index (Phi) is 4.19. The van der Waals surface area contributed by atoms with Gasteiger partial charge in [0.1, 0.15) is 13.3 Å². The fourth-order valence-electron chi connectivity index (χ4n) is 1.05. The van der Waals surface area contributed by atoms with Crippen molar-refractivity contribution in [3.63, 3.8) is 0 Å². The van der Waals surface area contributed by atoms with E-state index in [1.54, 1.807) is 6.92 Å². The maximum atomic E-state index is 11.3. The predicted molar refractivity (Wildman–Crippen MR) is 51.6 cm³/mol. The van der Waals surface area contributed by atoms with E-state index in [9.17, 15) is 14.8 Å². The molecule has 0 aliphatic carbocycles. The van der Waals surface area contributed by atoms with E-state index in [2.05, 4.69) is 10.5 Å². The lowest BCUT2D eigenvalue weighted by atomic mass is 10.2. The molecular formula is C8H13N3O4. The highest BCUT2D eigenvalue weighted by atomic mass is 16.5. The minimum Gasteiger partial charge on any atom is -0.370 e. The van der Waals surface area contributed by atoms with Crippen LogP contribution in [0.3, 0.4) is 0 Å². The minimum absolute atomic E-state index is 0.0331. The van der Waals surface area contributed by atoms with Crippen molar-refractivity contribution in [1.82, 2.24) is 10.2 Å². The van der Waals surface area contributed by atoms with Crippen LogP contribution < -0.4 is 5.32 Å². The van der Waals surface area contributed by atoms with Crippen molar-refractivity contribution in [3.05, 3.63) is 16.7 Å². The Bertz CT molecular complexity index is 279. The first-order valence-electron chi connectivity index (χ1n) is 4.45. The molecule has 0 bridgehead atoms. The highest BCUT2D eigenvalue weighted by Gasteiger charge is 2.22. The van der Waals surface area contributed by atoms with Gasteiger partial charge in [-0.2, -0.15) is 4.91 Å². The standard InChI is InChI=1S/C8H13N3O4/c1-6-4-11(5-15-3-2-9-14)8(13)10-7(6)12/h4,7,12H,2-3,5H2,1H3,(H,10,13). The Morgan fingerprint density at radius 3 is 3.13 bits per heavy atom. The van der Waals surface area contributed by atoms with Crippen molar-refractivity contribution in [2.75, 3.05) is 19.9 Å². The summed E-state index contributed by atoms with van der Waals surface area (Å²) in [6.45, 7) is 1.94. The van der Waals surface area contributed by atoms with Gasteiger partial charge in [0.15, 0.2) is 6.23 Å². The Morgan fingerprint density at radius 2 is 2.47 bits per heavy atom. The number of carbonyl (C=O) groups excluding carboxylic acids is 1. The van der Waals surface area contributed by atoms with E-state index in [0.29, 0.717) is 5.57 Å². The first-order valence-corrected chi connectivity index (χ1v) is 4.45. The van der Waals surface area contributed by atoms with Gasteiger partial charge in [0.2, 0.25) is 0 Å². The van der Waals surface area contributed by atoms with Gasteiger partial charge < -0.3 is 15.2 Å². The molecule has 1 aliphatic heterocycles. The molecule has 2 N–H and O–H groups in total. The van der Waals surface area contributed by atoms with E-state index in [4.69, 9.17) is 4.74 Å². The van der Waals surface area contributed by atoms with Crippen molar-refractivity contribution in [2.45, 2.75) is 13.2 Å². The van der Waals surface area contributed by atoms with Crippen LogP contribution in [0.25, 0.3) is 0 Å². The number of amides is 2. The number of hydrogen-bond acceptors (Lipinski definition) is 5. The highest BCUT2D eigenvalue weighted by Crippen LogP contribution is 2.08. The number of urea groups is 1. The Hall–Kier alpha value is -1.47. The van der Waals surface area contributed by atoms with Crippen molar-refractivity contribution in [1.29, 1.82) is 0 Å². The van der Waals surface area contributed by atoms with E-state index in [1.807, 2.05) is 0 Å². The lowest BCUT2D eigenvalue weighted by Crippen LogP contribution is -2.48. The smallest absolute Gasteiger partial charge is 0.325 e. The molecule has 0 aromatic carbocycles. The fraction of sp³-hybridized carbons (Fsp3) is 0.625. The Labute approximate surface area is 86.7 Å². The minimum atomic E-state index is -0.939. The summed E-state index contributed by atoms with van der Waals surface area (Å²) in [5.74, 6) is 0. The molecule has 1 heterocycles. The van der Waals surface area contributed by atoms with Crippen LogP contribution in [0.4, 0.5) is 4.79 Å². The number of nitrogens with zero attached hydrogens (tertiary/aromatic N) is 2. The van der Waals surface area contributed by atoms with Crippen molar-refractivity contribution in [3.8, 4) is 0 Å². The molecule has 84 valence electrons. The molecule has 0 radical (unpaired) electrons. The maximum Gasteiger partial charge on any atom is 0.325 e. The van der Waals surface area contributed by atoms with Gasteiger partial charge in [0.25, 0.3) is 0 Å². The molecule has 0 aromatic rings. The van der Waals surface area contributed by atoms with Gasteiger partial charge in [0, 0.05) is 6.20 Å². The number of nitrogens with one attached hydrogen (secondary N) is 1. The van der Waals surface area contributed by atoms with E-state index in [-0.39, 0.29) is 19.9 Å². The molecule has 0 spiro atoms. The van der Waals surface area contributed by atoms with E-state index in [1.165, 1.54) is 11.1 Å². The van der Waals surface area contributed by atoms with E-state index < -0.39 is 12.3 Å². The lowest BCUT2D eigenvalue weighted by molar-refractivity contribution is 0.0600. The van der Waals surface area contributed by atoms with Gasteiger partial charge in [-0.25, -0.2) is 4.79 Å². The average Bonchev–Trinajstić information content (AvgIpc) is 2.20. The van der Waals surface area contributed by atoms with Crippen LogP contribution in [-0.2, 0) is 4.74 Å². The third kappa shape index (κ3) is 3.30. The molecule has 0 saturated carbocycles. The van der Waals surface area contributed by atoms with Crippen molar-refractivity contribution >= 4 is 6.03 Å². The first kappa shape index (κ1) is 11.6. The molecule has 0 fully saturated rings. The topological polar surface area (TPSA) is 91.2 Å². The molecule has 1 atom stereocenters. The zero-order valence-corrected chi connectivity index (χ0v) is 8.34. The summed E-state index contributed by atoms with van der Waals surface area (Å²) in [5.41, 5.74) is 0.617. The van der Waals surface area contributed by atoms with E-state index in [0.717, 1.165) is 0 Å². The summed E-state index contributed by atoms with van der Waals surface area (Å²) in [5, 5.41) is 14.2. The fourth-order valence-corrected chi connectivity index (χ4v) is 1.05. The number of nitroso groups, excluding NO2 is 1. The number of carbonyl (C=O) groups is 1. The van der Waals surface area contributed by atoms with Gasteiger partial charge in [0.05, 0.1) is 6.61 Å². The van der Waals surface area contributed by atoms with Gasteiger partial charge >= 0.3 is 6.03 Å². The molecule has 2 amide bonds. The summed E-state index contributed by atoms with van der Waals surface area (Å²) in [6, 6.07) is -0.438. The summed E-state index contributed by atoms with van der Waals surface area (Å²) in [6.07, 6.45) is 0.558. The maximum absolute atomic E-state index is 11.3. The second-order valence-corrected chi connectivity index (χ2v) is 3.08. The number of ether oxygens (including phenoxy) is 1. The third-order valence-electron chi connectivity index (χ3n) is 1.87. The summed E-state index contributed by atoms with van der Waals surface area (Å²) in [7, 11) is 0. The molecule has 0 aromatic heterocycles. The van der Waals surface area contributed by atoms with Crippen LogP contribution >= 0.6 is 0 Å². The molecule has 1 unspecified atom stereocenters. The van der Waals surface area contributed by atoms with Crippen LogP contribution in [0.1, 0.15) is 6.92 Å². The number of hydrogen-bond donors (Lipinski definition) is 2. The normalized spacial score (nSPS) is 20.9. The molecular weight excluding hydrogens is 202 g/mol. The van der Waals surface area contributed by atoms with Gasteiger partial charge in [-0.1, -0.05) is 5.18 Å². The van der Waals surface area contributed by atoms with Crippen LogP contribution in [0, 0.1) is 4.91 Å². The number of aliphatic hydroxyl groups excluding tert-OH is 1. The van der Waals surface area contributed by atoms with Gasteiger partial charge in [-0.15, -0.1) is 0 Å². The Balaban J connectivity index is 2.40. The van der Waals surface area contributed by atoms with E-state index >= 15 is 0 Å². The second kappa shape index (κ2) is 5.42. The van der Waals surface area contributed by atoms with Crippen molar-refractivity contribution in [2.24, 2.45) is 5.18 Å². The molecule has 7 heteroatoms. The molecule has 7 nitrogen and oxygen atoms in total. The zero-order valence-electron chi connectivity index (χ0n) is 8.34. The second-order valence-electron chi connectivity index (χ2n) is 3.08. The predicted octanol–water partition coefficient (Wildman–Crippen LogP) is -0.0257. The van der Waals surface area contributed by atoms with Crippen LogP contribution in [0.15, 0.2) is 16.9 Å². The summed E-state index contributed by atoms with van der Waals surface area (Å²) in [4.78, 5) is 22.3. The third-order valence-corrected chi connectivity index (χ3v) is 1.87. The summed E-state index contributed by atoms with van der Waals surface area (Å²) >= 11 is 0. The SMILES string of the molecule is CC1=CN(COCCN=O)C(=O)NC1O. The zero-order chi connectivity index (χ0) is 11.3. The largest absolute Gasteiger partial charge is 0.370 e. The lowest BCUT2D eigenvalue weighted by Gasteiger charge is -2.27. The highest BCUT2D eigenvalue weighted by molar-refractivity contribution is 5.77. The molecule has 0 saturated heterocycles. The van der Waals surface area contributed by atoms with Crippen LogP contribution in [-0.4, -0.2) is 42.1 Å². The Morgan fingerprint density at radius 1 is 1.73 bits per heavy atom. The van der Waals surface area contributed by atoms with Crippen LogP contribution in [0.5, 0.6) is 0 Å². The summed E-state index contributed by atoms with van der Waals surface area (Å²) < 4.78 is 5.01. The first-order chi connectivity index (χ1) is 7.15. The number of rotatable bonds is 5. The molecule has 1 aliphatic rings. The quantitative estimate of drug-likeness (QED) is 0.497.